The van der Waals surface area contributed by atoms with Crippen LogP contribution in [0.2, 0.25) is 0 Å². The third kappa shape index (κ3) is 4.28. The highest BCUT2D eigenvalue weighted by Gasteiger charge is 2.11. The van der Waals surface area contributed by atoms with Crippen molar-refractivity contribution in [2.45, 2.75) is 19.4 Å². The van der Waals surface area contributed by atoms with Crippen LogP contribution in [0.4, 0.5) is 0 Å². The van der Waals surface area contributed by atoms with E-state index in [4.69, 9.17) is 10.5 Å². The van der Waals surface area contributed by atoms with Crippen molar-refractivity contribution in [3.8, 4) is 0 Å². The van der Waals surface area contributed by atoms with Crippen LogP contribution >= 0.6 is 0 Å². The van der Waals surface area contributed by atoms with E-state index < -0.39 is 6.04 Å². The first-order valence-electron chi connectivity index (χ1n) is 5.38. The molecule has 0 saturated carbocycles. The predicted molar refractivity (Wildman–Crippen MR) is 64.7 cm³/mol. The zero-order valence-corrected chi connectivity index (χ0v) is 9.43. The number of carbonyl (C=O) groups excluding carboxylic acids is 1. The van der Waals surface area contributed by atoms with Gasteiger partial charge in [-0.25, -0.2) is 0 Å². The number of carbonyl (C=O) groups is 1. The van der Waals surface area contributed by atoms with Gasteiger partial charge in [-0.3, -0.25) is 4.79 Å². The molecule has 3 nitrogen and oxygen atoms in total. The summed E-state index contributed by atoms with van der Waals surface area (Å²) in [5.41, 5.74) is 6.74. The van der Waals surface area contributed by atoms with Gasteiger partial charge >= 0.3 is 5.97 Å². The maximum absolute atomic E-state index is 11.2. The summed E-state index contributed by atoms with van der Waals surface area (Å²) in [5, 5.41) is 0. The van der Waals surface area contributed by atoms with E-state index in [-0.39, 0.29) is 5.97 Å². The minimum absolute atomic E-state index is 0.347. The van der Waals surface area contributed by atoms with Crippen LogP contribution < -0.4 is 5.73 Å². The number of esters is 1. The molecular weight excluding hydrogens is 202 g/mol. The fourth-order valence-corrected chi connectivity index (χ4v) is 1.26. The fraction of sp³-hybridized carbons (Fsp3) is 0.308. The SMILES string of the molecule is CCOC(=O)C(N)C/C=C/c1ccccc1. The lowest BCUT2D eigenvalue weighted by atomic mass is 10.1. The number of hydrogen-bond acceptors (Lipinski definition) is 3. The Kier molecular flexibility index (Phi) is 5.29. The summed E-state index contributed by atoms with van der Waals surface area (Å²) in [7, 11) is 0. The van der Waals surface area contributed by atoms with Crippen LogP contribution in [0.25, 0.3) is 6.08 Å². The van der Waals surface area contributed by atoms with Gasteiger partial charge in [0.05, 0.1) is 6.61 Å². The highest BCUT2D eigenvalue weighted by molar-refractivity contribution is 5.75. The van der Waals surface area contributed by atoms with Crippen LogP contribution in [-0.2, 0) is 9.53 Å². The third-order valence-corrected chi connectivity index (χ3v) is 2.09. The molecule has 0 amide bonds. The summed E-state index contributed by atoms with van der Waals surface area (Å²) in [4.78, 5) is 11.2. The molecule has 1 rings (SSSR count). The average Bonchev–Trinajstić information content (AvgIpc) is 2.30. The first-order valence-corrected chi connectivity index (χ1v) is 5.38. The Morgan fingerprint density at radius 3 is 2.75 bits per heavy atom. The van der Waals surface area contributed by atoms with Crippen molar-refractivity contribution in [2.75, 3.05) is 6.61 Å². The van der Waals surface area contributed by atoms with Gasteiger partial charge in [0, 0.05) is 0 Å². The first-order chi connectivity index (χ1) is 7.74. The molecule has 1 atom stereocenters. The Labute approximate surface area is 95.9 Å². The first kappa shape index (κ1) is 12.5. The Bertz CT molecular complexity index is 346. The quantitative estimate of drug-likeness (QED) is 0.770. The van der Waals surface area contributed by atoms with E-state index in [2.05, 4.69) is 0 Å². The topological polar surface area (TPSA) is 52.3 Å². The zero-order chi connectivity index (χ0) is 11.8. The van der Waals surface area contributed by atoms with Crippen LogP contribution in [0, 0.1) is 0 Å². The molecule has 0 aliphatic heterocycles. The standard InChI is InChI=1S/C13H17NO2/c1-2-16-13(15)12(14)10-6-9-11-7-4-3-5-8-11/h3-9,12H,2,10,14H2,1H3/b9-6+. The molecule has 16 heavy (non-hydrogen) atoms. The predicted octanol–water partition coefficient (Wildman–Crippen LogP) is 1.98. The number of hydrogen-bond donors (Lipinski definition) is 1. The van der Waals surface area contributed by atoms with Gasteiger partial charge in [0.2, 0.25) is 0 Å². The van der Waals surface area contributed by atoms with E-state index in [0.717, 1.165) is 5.56 Å². The molecule has 0 spiro atoms. The Morgan fingerprint density at radius 2 is 2.12 bits per heavy atom. The van der Waals surface area contributed by atoms with Crippen molar-refractivity contribution in [2.24, 2.45) is 5.73 Å². The van der Waals surface area contributed by atoms with Gasteiger partial charge < -0.3 is 10.5 Å². The summed E-state index contributed by atoms with van der Waals surface area (Å²) >= 11 is 0. The summed E-state index contributed by atoms with van der Waals surface area (Å²) < 4.78 is 4.81. The van der Waals surface area contributed by atoms with E-state index in [9.17, 15) is 4.79 Å². The Balaban J connectivity index is 2.40. The largest absolute Gasteiger partial charge is 0.465 e. The third-order valence-electron chi connectivity index (χ3n) is 2.09. The number of benzene rings is 1. The lowest BCUT2D eigenvalue weighted by molar-refractivity contribution is -0.144. The van der Waals surface area contributed by atoms with Gasteiger partial charge in [-0.15, -0.1) is 0 Å². The number of nitrogens with two attached hydrogens (primary N) is 1. The summed E-state index contributed by atoms with van der Waals surface area (Å²) in [5.74, 6) is -0.347. The van der Waals surface area contributed by atoms with Crippen LogP contribution in [0.5, 0.6) is 0 Å². The van der Waals surface area contributed by atoms with Crippen molar-refractivity contribution in [3.63, 3.8) is 0 Å². The van der Waals surface area contributed by atoms with Crippen LogP contribution in [0.3, 0.4) is 0 Å². The van der Waals surface area contributed by atoms with Gasteiger partial charge in [0.1, 0.15) is 6.04 Å². The number of ether oxygens (including phenoxy) is 1. The summed E-state index contributed by atoms with van der Waals surface area (Å²) in [6.45, 7) is 2.14. The summed E-state index contributed by atoms with van der Waals surface area (Å²) in [6.07, 6.45) is 4.32. The maximum Gasteiger partial charge on any atom is 0.323 e. The molecule has 1 unspecified atom stereocenters. The molecular formula is C13H17NO2. The lowest BCUT2D eigenvalue weighted by Crippen LogP contribution is -2.31. The van der Waals surface area contributed by atoms with Crippen molar-refractivity contribution in [1.82, 2.24) is 0 Å². The normalized spacial score (nSPS) is 12.6. The molecule has 0 saturated heterocycles. The average molecular weight is 219 g/mol. The number of rotatable bonds is 5. The van der Waals surface area contributed by atoms with E-state index in [1.807, 2.05) is 42.5 Å². The molecule has 0 aliphatic carbocycles. The minimum Gasteiger partial charge on any atom is -0.465 e. The molecule has 86 valence electrons. The van der Waals surface area contributed by atoms with E-state index in [1.165, 1.54) is 0 Å². The van der Waals surface area contributed by atoms with Gasteiger partial charge in [-0.05, 0) is 18.9 Å². The molecule has 0 fully saturated rings. The smallest absolute Gasteiger partial charge is 0.323 e. The maximum atomic E-state index is 11.2. The molecule has 0 heterocycles. The molecule has 3 heteroatoms. The van der Waals surface area contributed by atoms with Gasteiger partial charge in [0.25, 0.3) is 0 Å². The lowest BCUT2D eigenvalue weighted by Gasteiger charge is -2.07. The van der Waals surface area contributed by atoms with Crippen molar-refractivity contribution >= 4 is 12.0 Å². The van der Waals surface area contributed by atoms with Gasteiger partial charge in [0.15, 0.2) is 0 Å². The highest BCUT2D eigenvalue weighted by atomic mass is 16.5. The second kappa shape index (κ2) is 6.80. The van der Waals surface area contributed by atoms with E-state index in [1.54, 1.807) is 6.92 Å². The molecule has 1 aromatic rings. The van der Waals surface area contributed by atoms with Crippen LogP contribution in [-0.4, -0.2) is 18.6 Å². The molecule has 0 aromatic heterocycles. The minimum atomic E-state index is -0.570. The van der Waals surface area contributed by atoms with Crippen molar-refractivity contribution in [1.29, 1.82) is 0 Å². The monoisotopic (exact) mass is 219 g/mol. The van der Waals surface area contributed by atoms with Crippen molar-refractivity contribution in [3.05, 3.63) is 42.0 Å². The van der Waals surface area contributed by atoms with Crippen LogP contribution in [0.15, 0.2) is 36.4 Å². The van der Waals surface area contributed by atoms with E-state index >= 15 is 0 Å². The zero-order valence-electron chi connectivity index (χ0n) is 9.43. The molecule has 2 N–H and O–H groups in total. The Morgan fingerprint density at radius 1 is 1.44 bits per heavy atom. The fourth-order valence-electron chi connectivity index (χ4n) is 1.26. The summed E-state index contributed by atoms with van der Waals surface area (Å²) in [6, 6.07) is 9.30. The van der Waals surface area contributed by atoms with Crippen LogP contribution in [0.1, 0.15) is 18.9 Å². The Hall–Kier alpha value is -1.61. The highest BCUT2D eigenvalue weighted by Crippen LogP contribution is 2.03. The molecule has 0 aliphatic rings. The molecule has 0 bridgehead atoms. The van der Waals surface area contributed by atoms with E-state index in [0.29, 0.717) is 13.0 Å². The molecule has 1 aromatic carbocycles. The molecule has 0 radical (unpaired) electrons. The van der Waals surface area contributed by atoms with Crippen molar-refractivity contribution < 1.29 is 9.53 Å². The second-order valence-corrected chi connectivity index (χ2v) is 3.41. The van der Waals surface area contributed by atoms with Gasteiger partial charge in [-0.1, -0.05) is 42.5 Å². The van der Waals surface area contributed by atoms with Gasteiger partial charge in [-0.2, -0.15) is 0 Å². The second-order valence-electron chi connectivity index (χ2n) is 3.41.